The minimum Gasteiger partial charge on any atom is -0.457 e. The van der Waals surface area contributed by atoms with E-state index in [4.69, 9.17) is 16.3 Å². The van der Waals surface area contributed by atoms with Crippen LogP contribution < -0.4 is 5.56 Å². The van der Waals surface area contributed by atoms with E-state index in [2.05, 4.69) is 20.9 Å². The van der Waals surface area contributed by atoms with E-state index in [1.807, 2.05) is 24.3 Å². The zero-order chi connectivity index (χ0) is 13.8. The number of carbonyl (C=O) groups is 1. The first-order valence-corrected chi connectivity index (χ1v) is 6.54. The van der Waals surface area contributed by atoms with Crippen LogP contribution in [0.2, 0.25) is 5.02 Å². The molecule has 0 spiro atoms. The Morgan fingerprint density at radius 3 is 2.58 bits per heavy atom. The minimum atomic E-state index is -0.741. The second-order valence-electron chi connectivity index (χ2n) is 3.73. The number of carbonyl (C=O) groups excluding carboxylic acids is 1. The van der Waals surface area contributed by atoms with Gasteiger partial charge in [0.15, 0.2) is 0 Å². The molecule has 0 bridgehead atoms. The Morgan fingerprint density at radius 2 is 1.95 bits per heavy atom. The molecule has 1 heterocycles. The zero-order valence-electron chi connectivity index (χ0n) is 9.65. The average Bonchev–Trinajstić information content (AvgIpc) is 2.38. The number of rotatable bonds is 3. The SMILES string of the molecule is O=C(OCc1ccc(Br)cc1)c1c(Cl)cc[nH]c1=O. The molecule has 0 amide bonds. The Labute approximate surface area is 122 Å². The molecule has 98 valence electrons. The van der Waals surface area contributed by atoms with Crippen LogP contribution in [0, 0.1) is 0 Å². The number of halogens is 2. The van der Waals surface area contributed by atoms with Crippen LogP contribution in [-0.2, 0) is 11.3 Å². The summed E-state index contributed by atoms with van der Waals surface area (Å²) in [6.07, 6.45) is 1.37. The number of aromatic nitrogens is 1. The van der Waals surface area contributed by atoms with Crippen molar-refractivity contribution in [2.24, 2.45) is 0 Å². The van der Waals surface area contributed by atoms with Crippen LogP contribution in [0.4, 0.5) is 0 Å². The Kier molecular flexibility index (Phi) is 4.39. The molecule has 0 aliphatic carbocycles. The lowest BCUT2D eigenvalue weighted by atomic mass is 10.2. The van der Waals surface area contributed by atoms with Crippen molar-refractivity contribution < 1.29 is 9.53 Å². The number of pyridine rings is 1. The van der Waals surface area contributed by atoms with E-state index < -0.39 is 11.5 Å². The second kappa shape index (κ2) is 6.04. The van der Waals surface area contributed by atoms with Gasteiger partial charge in [0.05, 0.1) is 5.02 Å². The van der Waals surface area contributed by atoms with Crippen molar-refractivity contribution in [3.8, 4) is 0 Å². The van der Waals surface area contributed by atoms with Crippen LogP contribution in [0.25, 0.3) is 0 Å². The fraction of sp³-hybridized carbons (Fsp3) is 0.0769. The van der Waals surface area contributed by atoms with Gasteiger partial charge in [-0.2, -0.15) is 0 Å². The fourth-order valence-corrected chi connectivity index (χ4v) is 1.94. The van der Waals surface area contributed by atoms with E-state index >= 15 is 0 Å². The molecule has 0 fully saturated rings. The molecule has 2 aromatic rings. The van der Waals surface area contributed by atoms with Crippen molar-refractivity contribution in [2.45, 2.75) is 6.61 Å². The van der Waals surface area contributed by atoms with Crippen molar-refractivity contribution >= 4 is 33.5 Å². The number of hydrogen-bond acceptors (Lipinski definition) is 3. The molecule has 1 N–H and O–H groups in total. The molecule has 1 aromatic heterocycles. The predicted molar refractivity (Wildman–Crippen MR) is 75.3 cm³/mol. The van der Waals surface area contributed by atoms with Gasteiger partial charge < -0.3 is 9.72 Å². The van der Waals surface area contributed by atoms with Gasteiger partial charge in [0.2, 0.25) is 0 Å². The van der Waals surface area contributed by atoms with E-state index in [0.717, 1.165) is 10.0 Å². The maximum atomic E-state index is 11.8. The molecule has 6 heteroatoms. The maximum absolute atomic E-state index is 11.8. The maximum Gasteiger partial charge on any atom is 0.345 e. The van der Waals surface area contributed by atoms with Crippen molar-refractivity contribution in [1.29, 1.82) is 0 Å². The van der Waals surface area contributed by atoms with E-state index in [-0.39, 0.29) is 17.2 Å². The molecule has 4 nitrogen and oxygen atoms in total. The molecule has 0 aliphatic rings. The topological polar surface area (TPSA) is 59.2 Å². The summed E-state index contributed by atoms with van der Waals surface area (Å²) in [7, 11) is 0. The Hall–Kier alpha value is -1.59. The third kappa shape index (κ3) is 3.45. The minimum absolute atomic E-state index is 0.0737. The van der Waals surface area contributed by atoms with Gasteiger partial charge in [-0.05, 0) is 23.8 Å². The van der Waals surface area contributed by atoms with Crippen molar-refractivity contribution in [3.05, 3.63) is 67.5 Å². The van der Waals surface area contributed by atoms with Gasteiger partial charge >= 0.3 is 5.97 Å². The quantitative estimate of drug-likeness (QED) is 0.872. The summed E-state index contributed by atoms with van der Waals surface area (Å²) in [5, 5.41) is 0.0737. The van der Waals surface area contributed by atoms with Gasteiger partial charge in [-0.25, -0.2) is 4.79 Å². The monoisotopic (exact) mass is 341 g/mol. The van der Waals surface area contributed by atoms with Gasteiger partial charge in [-0.3, -0.25) is 4.79 Å². The first-order valence-electron chi connectivity index (χ1n) is 5.36. The van der Waals surface area contributed by atoms with Crippen LogP contribution in [0.1, 0.15) is 15.9 Å². The molecule has 0 atom stereocenters. The van der Waals surface area contributed by atoms with Crippen molar-refractivity contribution in [3.63, 3.8) is 0 Å². The number of H-pyrrole nitrogens is 1. The highest BCUT2D eigenvalue weighted by molar-refractivity contribution is 9.10. The second-order valence-corrected chi connectivity index (χ2v) is 5.06. The molecular formula is C13H9BrClNO3. The van der Waals surface area contributed by atoms with Gasteiger partial charge in [-0.15, -0.1) is 0 Å². The molecule has 0 unspecified atom stereocenters. The summed E-state index contributed by atoms with van der Waals surface area (Å²) in [5.41, 5.74) is 0.0783. The molecule has 0 radical (unpaired) electrons. The van der Waals surface area contributed by atoms with E-state index in [1.165, 1.54) is 12.3 Å². The molecular weight excluding hydrogens is 334 g/mol. The Bertz CT molecular complexity index is 652. The summed E-state index contributed by atoms with van der Waals surface area (Å²) < 4.78 is 5.99. The van der Waals surface area contributed by atoms with Gasteiger partial charge in [0, 0.05) is 10.7 Å². The van der Waals surface area contributed by atoms with Crippen LogP contribution in [0.15, 0.2) is 45.8 Å². The highest BCUT2D eigenvalue weighted by atomic mass is 79.9. The number of hydrogen-bond donors (Lipinski definition) is 1. The van der Waals surface area contributed by atoms with Gasteiger partial charge in [0.25, 0.3) is 5.56 Å². The van der Waals surface area contributed by atoms with Crippen molar-refractivity contribution in [1.82, 2.24) is 4.98 Å². The molecule has 2 rings (SSSR count). The average molecular weight is 343 g/mol. The van der Waals surface area contributed by atoms with E-state index in [9.17, 15) is 9.59 Å². The first-order chi connectivity index (χ1) is 9.08. The number of benzene rings is 1. The van der Waals surface area contributed by atoms with Crippen LogP contribution in [0.3, 0.4) is 0 Å². The highest BCUT2D eigenvalue weighted by Gasteiger charge is 2.16. The number of esters is 1. The summed E-state index contributed by atoms with van der Waals surface area (Å²) in [6, 6.07) is 8.73. The third-order valence-corrected chi connectivity index (χ3v) is 3.24. The summed E-state index contributed by atoms with van der Waals surface area (Å²) >= 11 is 9.11. The lowest BCUT2D eigenvalue weighted by Gasteiger charge is -2.05. The first kappa shape index (κ1) is 13.8. The van der Waals surface area contributed by atoms with Crippen LogP contribution in [-0.4, -0.2) is 11.0 Å². The Balaban J connectivity index is 2.10. The lowest BCUT2D eigenvalue weighted by Crippen LogP contribution is -2.19. The molecule has 0 aliphatic heterocycles. The summed E-state index contributed by atoms with van der Waals surface area (Å²) in [5.74, 6) is -0.741. The van der Waals surface area contributed by atoms with E-state index in [1.54, 1.807) is 0 Å². The zero-order valence-corrected chi connectivity index (χ0v) is 12.0. The number of ether oxygens (including phenoxy) is 1. The van der Waals surface area contributed by atoms with Crippen LogP contribution >= 0.6 is 27.5 Å². The standard InChI is InChI=1S/C13H9BrClNO3/c14-9-3-1-8(2-4-9)7-19-13(18)11-10(15)5-6-16-12(11)17/h1-6H,7H2,(H,16,17). The predicted octanol–water partition coefficient (Wildman–Crippen LogP) is 3.15. The van der Waals surface area contributed by atoms with Gasteiger partial charge in [-0.1, -0.05) is 39.7 Å². The molecule has 0 saturated heterocycles. The smallest absolute Gasteiger partial charge is 0.345 e. The van der Waals surface area contributed by atoms with Gasteiger partial charge in [0.1, 0.15) is 12.2 Å². The summed E-state index contributed by atoms with van der Waals surface area (Å²) in [4.78, 5) is 25.7. The Morgan fingerprint density at radius 1 is 1.26 bits per heavy atom. The largest absolute Gasteiger partial charge is 0.457 e. The summed E-state index contributed by atoms with van der Waals surface area (Å²) in [6.45, 7) is 0.0801. The third-order valence-electron chi connectivity index (χ3n) is 2.40. The highest BCUT2D eigenvalue weighted by Crippen LogP contribution is 2.14. The molecule has 1 aromatic carbocycles. The lowest BCUT2D eigenvalue weighted by molar-refractivity contribution is 0.0471. The normalized spacial score (nSPS) is 10.2. The molecule has 0 saturated carbocycles. The molecule has 19 heavy (non-hydrogen) atoms. The van der Waals surface area contributed by atoms with Crippen LogP contribution in [0.5, 0.6) is 0 Å². The fourth-order valence-electron chi connectivity index (χ4n) is 1.45. The van der Waals surface area contributed by atoms with E-state index in [0.29, 0.717) is 0 Å². The number of aromatic amines is 1. The van der Waals surface area contributed by atoms with Crippen molar-refractivity contribution in [2.75, 3.05) is 0 Å². The number of nitrogens with one attached hydrogen (secondary N) is 1.